The van der Waals surface area contributed by atoms with Crippen LogP contribution in [0.4, 0.5) is 0 Å². The van der Waals surface area contributed by atoms with Crippen LogP contribution in [-0.4, -0.2) is 15.5 Å². The Kier molecular flexibility index (Phi) is 4.23. The molecule has 128 valence electrons. The lowest BCUT2D eigenvalue weighted by molar-refractivity contribution is 0.0941. The summed E-state index contributed by atoms with van der Waals surface area (Å²) in [7, 11) is 0. The fourth-order valence-electron chi connectivity index (χ4n) is 3.09. The van der Waals surface area contributed by atoms with Gasteiger partial charge in [0.1, 0.15) is 0 Å². The van der Waals surface area contributed by atoms with E-state index in [4.69, 9.17) is 11.6 Å². The van der Waals surface area contributed by atoms with Crippen molar-refractivity contribution < 1.29 is 4.79 Å². The maximum absolute atomic E-state index is 12.3. The van der Waals surface area contributed by atoms with E-state index in [9.17, 15) is 4.79 Å². The topological polar surface area (TPSA) is 37.8 Å². The van der Waals surface area contributed by atoms with Crippen molar-refractivity contribution in [1.29, 1.82) is 0 Å². The van der Waals surface area contributed by atoms with Gasteiger partial charge >= 0.3 is 0 Å². The van der Waals surface area contributed by atoms with Crippen molar-refractivity contribution in [2.75, 3.05) is 0 Å². The number of benzene rings is 2. The molecule has 2 aromatic rings. The van der Waals surface area contributed by atoms with Crippen LogP contribution in [0.25, 0.3) is 33.3 Å². The molecule has 4 rings (SSSR count). The Morgan fingerprint density at radius 3 is 2.50 bits per heavy atom. The number of H-pyrrole nitrogens is 1. The molecule has 0 aliphatic carbocycles. The Hall–Kier alpha value is -3.04. The number of aromatic nitrogens is 2. The molecule has 2 heterocycles. The molecule has 0 radical (unpaired) electrons. The van der Waals surface area contributed by atoms with Gasteiger partial charge in [-0.1, -0.05) is 54.1 Å². The number of aromatic amines is 1. The van der Waals surface area contributed by atoms with E-state index in [0.717, 1.165) is 33.3 Å². The van der Waals surface area contributed by atoms with Crippen molar-refractivity contribution in [3.8, 4) is 22.4 Å². The van der Waals surface area contributed by atoms with E-state index >= 15 is 0 Å². The molecule has 0 unspecified atom stereocenters. The van der Waals surface area contributed by atoms with Gasteiger partial charge in [0.05, 0.1) is 5.52 Å². The second kappa shape index (κ2) is 6.70. The molecule has 1 N–H and O–H groups in total. The number of nitrogens with one attached hydrogen (secondary N) is 1. The summed E-state index contributed by atoms with van der Waals surface area (Å²) in [5.74, 6) is -0.0519. The van der Waals surface area contributed by atoms with Gasteiger partial charge in [0.25, 0.3) is 0 Å². The predicted molar refractivity (Wildman–Crippen MR) is 107 cm³/mol. The van der Waals surface area contributed by atoms with Crippen LogP contribution in [0.15, 0.2) is 79.1 Å². The molecule has 2 aromatic carbocycles. The molecule has 0 saturated heterocycles. The second-order valence-electron chi connectivity index (χ2n) is 6.18. The molecule has 2 aliphatic heterocycles. The summed E-state index contributed by atoms with van der Waals surface area (Å²) in [4.78, 5) is 15.6. The first kappa shape index (κ1) is 16.4. The molecule has 0 atom stereocenters. The summed E-state index contributed by atoms with van der Waals surface area (Å²) < 4.78 is 1.67. The minimum absolute atomic E-state index is 0.0519. The van der Waals surface area contributed by atoms with Crippen molar-refractivity contribution in [1.82, 2.24) is 9.55 Å². The third-order valence-electron chi connectivity index (χ3n) is 4.40. The van der Waals surface area contributed by atoms with Crippen molar-refractivity contribution in [2.45, 2.75) is 6.92 Å². The lowest BCUT2D eigenvalue weighted by Crippen LogP contribution is -2.06. The quantitative estimate of drug-likeness (QED) is 0.432. The van der Waals surface area contributed by atoms with Crippen LogP contribution >= 0.6 is 11.6 Å². The number of hydrogen-bond donors (Lipinski definition) is 1. The van der Waals surface area contributed by atoms with Gasteiger partial charge in [0.15, 0.2) is 0 Å². The van der Waals surface area contributed by atoms with Crippen LogP contribution in [0.5, 0.6) is 0 Å². The fourth-order valence-corrected chi connectivity index (χ4v) is 3.27. The molecule has 2 aliphatic rings. The van der Waals surface area contributed by atoms with Crippen LogP contribution in [-0.2, 0) is 0 Å². The number of halogens is 1. The summed E-state index contributed by atoms with van der Waals surface area (Å²) >= 11 is 6.13. The number of rotatable bonds is 1. The smallest absolute Gasteiger partial charge is 0.227 e. The third kappa shape index (κ3) is 3.09. The summed E-state index contributed by atoms with van der Waals surface area (Å²) in [6.07, 6.45) is 3.84. The first-order valence-electron chi connectivity index (χ1n) is 8.35. The van der Waals surface area contributed by atoms with E-state index < -0.39 is 0 Å². The van der Waals surface area contributed by atoms with Gasteiger partial charge in [0, 0.05) is 41.0 Å². The fraction of sp³-hybridized carbons (Fsp3) is 0.0455. The van der Waals surface area contributed by atoms with E-state index in [1.54, 1.807) is 17.6 Å². The average molecular weight is 361 g/mol. The van der Waals surface area contributed by atoms with Crippen molar-refractivity contribution in [2.24, 2.45) is 0 Å². The summed E-state index contributed by atoms with van der Waals surface area (Å²) in [6.45, 7) is 1.56. The lowest BCUT2D eigenvalue weighted by atomic mass is 10.0. The number of carbonyl (C=O) groups is 1. The second-order valence-corrected chi connectivity index (χ2v) is 6.61. The zero-order chi connectivity index (χ0) is 18.1. The summed E-state index contributed by atoms with van der Waals surface area (Å²) in [6, 6.07) is 21.7. The molecular weight excluding hydrogens is 344 g/mol. The number of fused-ring (bicyclic) bond motifs is 2. The molecule has 0 bridgehead atoms. The molecular formula is C22H17ClN2O. The van der Waals surface area contributed by atoms with Gasteiger partial charge in [-0.05, 0) is 35.4 Å². The monoisotopic (exact) mass is 360 g/mol. The van der Waals surface area contributed by atoms with Crippen molar-refractivity contribution in [3.63, 3.8) is 0 Å². The van der Waals surface area contributed by atoms with E-state index in [-0.39, 0.29) is 5.91 Å². The summed E-state index contributed by atoms with van der Waals surface area (Å²) in [5, 5.41) is 1.55. The SMILES string of the molecule is CC(=O)n1cc2cc(-c3ccccc3)[nH]cc-2ccc2cc(Cl)ccc21. The number of carbonyl (C=O) groups excluding carboxylic acids is 1. The van der Waals surface area contributed by atoms with Gasteiger partial charge < -0.3 is 4.98 Å². The van der Waals surface area contributed by atoms with E-state index in [1.165, 1.54) is 0 Å². The number of hydrogen-bond acceptors (Lipinski definition) is 1. The first-order chi connectivity index (χ1) is 12.6. The minimum atomic E-state index is -0.0519. The van der Waals surface area contributed by atoms with Crippen LogP contribution in [0.1, 0.15) is 11.7 Å². The van der Waals surface area contributed by atoms with Gasteiger partial charge in [-0.15, -0.1) is 0 Å². The van der Waals surface area contributed by atoms with E-state index in [0.29, 0.717) is 5.02 Å². The molecule has 0 amide bonds. The number of nitrogens with zero attached hydrogens (tertiary/aromatic N) is 1. The number of pyridine rings is 1. The van der Waals surface area contributed by atoms with Gasteiger partial charge in [-0.25, -0.2) is 0 Å². The molecule has 0 aromatic heterocycles. The molecule has 0 fully saturated rings. The Bertz CT molecular complexity index is 1120. The van der Waals surface area contributed by atoms with Crippen LogP contribution in [0.2, 0.25) is 5.02 Å². The van der Waals surface area contributed by atoms with E-state index in [2.05, 4.69) is 23.2 Å². The highest BCUT2D eigenvalue weighted by atomic mass is 35.5. The van der Waals surface area contributed by atoms with Gasteiger partial charge in [0.2, 0.25) is 5.91 Å². The Morgan fingerprint density at radius 1 is 0.923 bits per heavy atom. The highest BCUT2D eigenvalue weighted by molar-refractivity contribution is 6.31. The Morgan fingerprint density at radius 2 is 1.73 bits per heavy atom. The van der Waals surface area contributed by atoms with Crippen molar-refractivity contribution in [3.05, 3.63) is 84.1 Å². The zero-order valence-electron chi connectivity index (χ0n) is 14.2. The first-order valence-corrected chi connectivity index (χ1v) is 8.73. The Labute approximate surface area is 156 Å². The molecule has 4 heteroatoms. The minimum Gasteiger partial charge on any atom is -0.361 e. The van der Waals surface area contributed by atoms with Gasteiger partial charge in [-0.3, -0.25) is 9.36 Å². The Balaban J connectivity index is 2.05. The zero-order valence-corrected chi connectivity index (χ0v) is 15.0. The predicted octanol–water partition coefficient (Wildman–Crippen LogP) is 6.18. The normalized spacial score (nSPS) is 10.8. The third-order valence-corrected chi connectivity index (χ3v) is 4.64. The van der Waals surface area contributed by atoms with Crippen molar-refractivity contribution >= 4 is 28.4 Å². The highest BCUT2D eigenvalue weighted by Gasteiger charge is 2.08. The summed E-state index contributed by atoms with van der Waals surface area (Å²) in [5.41, 5.74) is 4.87. The highest BCUT2D eigenvalue weighted by Crippen LogP contribution is 2.27. The maximum Gasteiger partial charge on any atom is 0.227 e. The molecule has 26 heavy (non-hydrogen) atoms. The van der Waals surface area contributed by atoms with Crippen LogP contribution in [0.3, 0.4) is 0 Å². The van der Waals surface area contributed by atoms with Crippen LogP contribution in [0, 0.1) is 0 Å². The maximum atomic E-state index is 12.3. The van der Waals surface area contributed by atoms with Crippen LogP contribution < -0.4 is 0 Å². The molecule has 0 saturated carbocycles. The largest absolute Gasteiger partial charge is 0.361 e. The molecule has 3 nitrogen and oxygen atoms in total. The standard InChI is InChI=1S/C22H17ClN2O/c1-15(26)25-14-19-12-21(16-5-3-2-4-6-16)24-13-18(19)8-7-17-11-20(23)9-10-22(17)25/h2-14,24H,1H3. The lowest BCUT2D eigenvalue weighted by Gasteiger charge is -2.12. The van der Waals surface area contributed by atoms with Gasteiger partial charge in [-0.2, -0.15) is 0 Å². The average Bonchev–Trinajstić information content (AvgIpc) is 2.64. The molecule has 0 spiro atoms. The van der Waals surface area contributed by atoms with E-state index in [1.807, 2.05) is 54.9 Å².